The van der Waals surface area contributed by atoms with E-state index in [0.717, 1.165) is 41.2 Å². The van der Waals surface area contributed by atoms with Crippen LogP contribution in [0.25, 0.3) is 10.8 Å². The zero-order chi connectivity index (χ0) is 23.5. The molecule has 2 unspecified atom stereocenters. The number of amides is 2. The second kappa shape index (κ2) is 9.25. The smallest absolute Gasteiger partial charge is 0.264 e. The van der Waals surface area contributed by atoms with E-state index in [0.29, 0.717) is 18.7 Å². The van der Waals surface area contributed by atoms with Crippen molar-refractivity contribution in [3.8, 4) is 0 Å². The van der Waals surface area contributed by atoms with Gasteiger partial charge in [-0.1, -0.05) is 47.6 Å². The molecule has 0 spiro atoms. The lowest BCUT2D eigenvalue weighted by molar-refractivity contribution is -0.135. The van der Waals surface area contributed by atoms with Crippen molar-refractivity contribution in [3.05, 3.63) is 78.1 Å². The number of oxime groups is 1. The van der Waals surface area contributed by atoms with Gasteiger partial charge in [0.25, 0.3) is 5.91 Å². The lowest BCUT2D eigenvalue weighted by Crippen LogP contribution is -2.61. The number of nitrogens with zero attached hydrogens (tertiary/aromatic N) is 2. The molecule has 7 nitrogen and oxygen atoms in total. The van der Waals surface area contributed by atoms with Crippen molar-refractivity contribution in [2.75, 3.05) is 6.54 Å². The van der Waals surface area contributed by atoms with Crippen LogP contribution >= 0.6 is 0 Å². The van der Waals surface area contributed by atoms with Gasteiger partial charge in [-0.3, -0.25) is 14.6 Å². The van der Waals surface area contributed by atoms with Crippen LogP contribution in [0.3, 0.4) is 0 Å². The molecule has 2 N–H and O–H groups in total. The first-order valence-corrected chi connectivity index (χ1v) is 11.8. The molecule has 2 amide bonds. The highest BCUT2D eigenvalue weighted by Gasteiger charge is 2.41. The van der Waals surface area contributed by atoms with Crippen molar-refractivity contribution in [2.45, 2.75) is 50.2 Å². The lowest BCUT2D eigenvalue weighted by Gasteiger charge is -2.43. The van der Waals surface area contributed by atoms with Crippen molar-refractivity contribution in [1.82, 2.24) is 15.6 Å². The Morgan fingerprint density at radius 2 is 1.94 bits per heavy atom. The van der Waals surface area contributed by atoms with Crippen molar-refractivity contribution >= 4 is 28.3 Å². The quantitative estimate of drug-likeness (QED) is 0.567. The number of aromatic nitrogens is 1. The maximum absolute atomic E-state index is 13.0. The van der Waals surface area contributed by atoms with Gasteiger partial charge in [-0.05, 0) is 54.7 Å². The Balaban J connectivity index is 1.19. The van der Waals surface area contributed by atoms with Gasteiger partial charge in [0.2, 0.25) is 12.0 Å². The van der Waals surface area contributed by atoms with Gasteiger partial charge in [0.1, 0.15) is 0 Å². The van der Waals surface area contributed by atoms with Gasteiger partial charge in [0.05, 0.1) is 17.2 Å². The number of hydrogen-bond donors (Lipinski definition) is 2. The fourth-order valence-electron chi connectivity index (χ4n) is 4.69. The van der Waals surface area contributed by atoms with Gasteiger partial charge in [-0.25, -0.2) is 0 Å². The Kier molecular flexibility index (Phi) is 6.01. The molecule has 5 rings (SSSR count). The summed E-state index contributed by atoms with van der Waals surface area (Å²) in [6.07, 6.45) is 5.80. The summed E-state index contributed by atoms with van der Waals surface area (Å²) < 4.78 is 0. The zero-order valence-corrected chi connectivity index (χ0v) is 19.2. The molecule has 2 aliphatic rings. The normalized spacial score (nSPS) is 19.4. The fraction of sp³-hybridized carbons (Fsp3) is 0.333. The fourth-order valence-corrected chi connectivity index (χ4v) is 4.69. The first-order chi connectivity index (χ1) is 16.5. The number of rotatable bonds is 7. The number of carbonyl (C=O) groups excluding carboxylic acids is 2. The Morgan fingerprint density at radius 1 is 1.12 bits per heavy atom. The van der Waals surface area contributed by atoms with E-state index in [9.17, 15) is 9.59 Å². The summed E-state index contributed by atoms with van der Waals surface area (Å²) in [7, 11) is 0. The van der Waals surface area contributed by atoms with Crippen LogP contribution in [0.5, 0.6) is 0 Å². The van der Waals surface area contributed by atoms with Crippen molar-refractivity contribution < 1.29 is 14.4 Å². The molecule has 2 heterocycles. The highest BCUT2D eigenvalue weighted by Crippen LogP contribution is 2.32. The molecule has 1 aliphatic carbocycles. The maximum Gasteiger partial charge on any atom is 0.264 e. The molecule has 1 fully saturated rings. The number of carbonyl (C=O) groups is 2. The number of pyridine rings is 1. The lowest BCUT2D eigenvalue weighted by atomic mass is 9.76. The predicted octanol–water partition coefficient (Wildman–Crippen LogP) is 3.69. The van der Waals surface area contributed by atoms with E-state index in [2.05, 4.69) is 32.9 Å². The Hall–Kier alpha value is -3.74. The minimum Gasteiger partial charge on any atom is -0.382 e. The number of benzene rings is 2. The van der Waals surface area contributed by atoms with Gasteiger partial charge >= 0.3 is 0 Å². The van der Waals surface area contributed by atoms with E-state index in [1.165, 1.54) is 0 Å². The van der Waals surface area contributed by atoms with Gasteiger partial charge in [0, 0.05) is 30.9 Å². The molecule has 7 heteroatoms. The molecular weight excluding hydrogens is 428 g/mol. The standard InChI is InChI=1S/C27H28N4O3/c1-18(21-11-4-8-19-7-2-3-10-22(19)21)25(32)29-17-27(12-6-13-27)30-26(33)24-15-23(31-34-24)20-9-5-14-28-16-20/h2-5,7-11,14,16,18,24H,6,12-13,15,17H2,1H3,(H,29,32)(H,30,33). The molecule has 3 aromatic rings. The van der Waals surface area contributed by atoms with Crippen LogP contribution in [-0.2, 0) is 14.4 Å². The number of nitrogens with one attached hydrogen (secondary N) is 2. The van der Waals surface area contributed by atoms with Gasteiger partial charge in [0.15, 0.2) is 0 Å². The molecule has 0 saturated heterocycles. The second-order valence-corrected chi connectivity index (χ2v) is 9.21. The molecule has 1 saturated carbocycles. The monoisotopic (exact) mass is 456 g/mol. The number of fused-ring (bicyclic) bond motifs is 1. The van der Waals surface area contributed by atoms with Crippen LogP contribution in [-0.4, -0.2) is 40.7 Å². The van der Waals surface area contributed by atoms with E-state index in [1.54, 1.807) is 12.4 Å². The molecule has 174 valence electrons. The first kappa shape index (κ1) is 22.1. The minimum atomic E-state index is -0.669. The van der Waals surface area contributed by atoms with E-state index in [1.807, 2.05) is 49.4 Å². The van der Waals surface area contributed by atoms with Crippen LogP contribution in [0, 0.1) is 0 Å². The van der Waals surface area contributed by atoms with Crippen molar-refractivity contribution in [2.24, 2.45) is 5.16 Å². The van der Waals surface area contributed by atoms with E-state index >= 15 is 0 Å². The predicted molar refractivity (Wildman–Crippen MR) is 130 cm³/mol. The highest BCUT2D eigenvalue weighted by molar-refractivity contribution is 6.04. The molecule has 2 atom stereocenters. The summed E-state index contributed by atoms with van der Waals surface area (Å²) in [6, 6.07) is 17.9. The summed E-state index contributed by atoms with van der Waals surface area (Å²) in [5, 5.41) is 12.5. The zero-order valence-electron chi connectivity index (χ0n) is 19.2. The summed E-state index contributed by atoms with van der Waals surface area (Å²) >= 11 is 0. The maximum atomic E-state index is 13.0. The van der Waals surface area contributed by atoms with Crippen molar-refractivity contribution in [1.29, 1.82) is 0 Å². The average molecular weight is 457 g/mol. The van der Waals surface area contributed by atoms with Gasteiger partial charge < -0.3 is 15.5 Å². The van der Waals surface area contributed by atoms with E-state index < -0.39 is 11.6 Å². The topological polar surface area (TPSA) is 92.7 Å². The van der Waals surface area contributed by atoms with Crippen LogP contribution in [0.4, 0.5) is 0 Å². The molecular formula is C27H28N4O3. The largest absolute Gasteiger partial charge is 0.382 e. The van der Waals surface area contributed by atoms with Gasteiger partial charge in [-0.2, -0.15) is 0 Å². The Bertz CT molecular complexity index is 1230. The molecule has 0 bridgehead atoms. The van der Waals surface area contributed by atoms with E-state index in [4.69, 9.17) is 4.84 Å². The van der Waals surface area contributed by atoms with Crippen LogP contribution in [0.15, 0.2) is 72.1 Å². The number of hydrogen-bond acceptors (Lipinski definition) is 5. The Morgan fingerprint density at radius 3 is 2.71 bits per heavy atom. The Labute approximate surface area is 198 Å². The third kappa shape index (κ3) is 4.38. The van der Waals surface area contributed by atoms with Crippen LogP contribution < -0.4 is 10.6 Å². The summed E-state index contributed by atoms with van der Waals surface area (Å²) in [4.78, 5) is 35.5. The minimum absolute atomic E-state index is 0.0452. The summed E-state index contributed by atoms with van der Waals surface area (Å²) in [6.45, 7) is 2.32. The third-order valence-electron chi connectivity index (χ3n) is 6.94. The molecule has 0 radical (unpaired) electrons. The molecule has 34 heavy (non-hydrogen) atoms. The second-order valence-electron chi connectivity index (χ2n) is 9.21. The van der Waals surface area contributed by atoms with Crippen LogP contribution in [0.1, 0.15) is 49.7 Å². The molecule has 1 aromatic heterocycles. The van der Waals surface area contributed by atoms with Gasteiger partial charge in [-0.15, -0.1) is 0 Å². The highest BCUT2D eigenvalue weighted by atomic mass is 16.6. The average Bonchev–Trinajstić information content (AvgIpc) is 3.36. The molecule has 1 aliphatic heterocycles. The first-order valence-electron chi connectivity index (χ1n) is 11.8. The van der Waals surface area contributed by atoms with E-state index in [-0.39, 0.29) is 17.7 Å². The summed E-state index contributed by atoms with van der Waals surface area (Å²) in [5.74, 6) is -0.539. The van der Waals surface area contributed by atoms with Crippen molar-refractivity contribution in [3.63, 3.8) is 0 Å². The molecule has 2 aromatic carbocycles. The summed E-state index contributed by atoms with van der Waals surface area (Å²) in [5.41, 5.74) is 2.13. The van der Waals surface area contributed by atoms with Crippen LogP contribution in [0.2, 0.25) is 0 Å². The SMILES string of the molecule is CC(C(=O)NCC1(NC(=O)C2CC(c3cccnc3)=NO2)CCC1)c1cccc2ccccc12. The third-order valence-corrected chi connectivity index (χ3v) is 6.94.